The molecule has 0 unspecified atom stereocenters. The summed E-state index contributed by atoms with van der Waals surface area (Å²) in [5.74, 6) is 0. The van der Waals surface area contributed by atoms with Gasteiger partial charge in [-0.3, -0.25) is 4.18 Å². The highest BCUT2D eigenvalue weighted by atomic mass is 32.2. The third kappa shape index (κ3) is 6.31. The van der Waals surface area contributed by atoms with Crippen LogP contribution < -0.4 is 0 Å². The first-order valence-corrected chi connectivity index (χ1v) is 12.2. The van der Waals surface area contributed by atoms with E-state index in [1.807, 2.05) is 37.3 Å². The van der Waals surface area contributed by atoms with Gasteiger partial charge in [-0.25, -0.2) is 4.79 Å². The molecule has 0 aromatic heterocycles. The molecule has 3 rings (SSSR count). The summed E-state index contributed by atoms with van der Waals surface area (Å²) in [7, 11) is -3.76. The first kappa shape index (κ1) is 23.3. The van der Waals surface area contributed by atoms with Gasteiger partial charge in [0.05, 0.1) is 11.5 Å². The normalized spacial score (nSPS) is 16.1. The molecule has 7 heteroatoms. The molecule has 1 fully saturated rings. The van der Waals surface area contributed by atoms with E-state index in [-0.39, 0.29) is 29.6 Å². The monoisotopic (exact) mass is 445 g/mol. The second-order valence-corrected chi connectivity index (χ2v) is 9.84. The Bertz CT molecular complexity index is 949. The topological polar surface area (TPSA) is 72.9 Å². The molecular formula is C24H31NO5S. The zero-order valence-electron chi connectivity index (χ0n) is 18.2. The van der Waals surface area contributed by atoms with E-state index in [2.05, 4.69) is 6.92 Å². The van der Waals surface area contributed by atoms with Crippen molar-refractivity contribution in [2.45, 2.75) is 51.0 Å². The van der Waals surface area contributed by atoms with Gasteiger partial charge in [0.15, 0.2) is 0 Å². The van der Waals surface area contributed by atoms with Crippen molar-refractivity contribution in [2.24, 2.45) is 5.41 Å². The molecule has 1 amide bonds. The van der Waals surface area contributed by atoms with Crippen LogP contribution in [-0.2, 0) is 25.6 Å². The van der Waals surface area contributed by atoms with Crippen molar-refractivity contribution in [1.82, 2.24) is 4.90 Å². The number of hydrogen-bond acceptors (Lipinski definition) is 5. The van der Waals surface area contributed by atoms with Crippen LogP contribution >= 0.6 is 0 Å². The zero-order valence-corrected chi connectivity index (χ0v) is 19.1. The predicted octanol–water partition coefficient (Wildman–Crippen LogP) is 4.92. The van der Waals surface area contributed by atoms with Gasteiger partial charge in [-0.15, -0.1) is 0 Å². The molecule has 0 saturated carbocycles. The summed E-state index contributed by atoms with van der Waals surface area (Å²) in [6.45, 7) is 5.63. The lowest BCUT2D eigenvalue weighted by molar-refractivity contribution is 0.0510. The van der Waals surface area contributed by atoms with Crippen molar-refractivity contribution >= 4 is 16.2 Å². The second kappa shape index (κ2) is 10.3. The molecule has 0 N–H and O–H groups in total. The quantitative estimate of drug-likeness (QED) is 0.539. The summed E-state index contributed by atoms with van der Waals surface area (Å²) in [5.41, 5.74) is 1.93. The van der Waals surface area contributed by atoms with Crippen LogP contribution in [0.2, 0.25) is 0 Å². The molecule has 0 radical (unpaired) electrons. The zero-order chi connectivity index (χ0) is 22.3. The summed E-state index contributed by atoms with van der Waals surface area (Å²) in [5, 5.41) is 0. The van der Waals surface area contributed by atoms with Crippen LogP contribution in [0.25, 0.3) is 0 Å². The van der Waals surface area contributed by atoms with Crippen LogP contribution in [0, 0.1) is 12.3 Å². The van der Waals surface area contributed by atoms with Gasteiger partial charge in [-0.1, -0.05) is 61.4 Å². The van der Waals surface area contributed by atoms with E-state index >= 15 is 0 Å². The Balaban J connectivity index is 1.47. The molecule has 0 atom stereocenters. The van der Waals surface area contributed by atoms with Crippen molar-refractivity contribution in [3.05, 3.63) is 65.7 Å². The minimum absolute atomic E-state index is 0.0288. The van der Waals surface area contributed by atoms with Gasteiger partial charge in [0, 0.05) is 13.1 Å². The van der Waals surface area contributed by atoms with Crippen LogP contribution in [0.1, 0.15) is 43.7 Å². The molecule has 1 heterocycles. The summed E-state index contributed by atoms with van der Waals surface area (Å²) < 4.78 is 35.6. The Labute approximate surface area is 185 Å². The number of carbonyl (C=O) groups excluding carboxylic acids is 1. The minimum atomic E-state index is -3.76. The molecule has 1 saturated heterocycles. The molecule has 1 aliphatic heterocycles. The molecule has 2 aromatic rings. The van der Waals surface area contributed by atoms with Gasteiger partial charge in [0.25, 0.3) is 10.1 Å². The van der Waals surface area contributed by atoms with Crippen molar-refractivity contribution < 1.29 is 22.1 Å². The predicted molar refractivity (Wildman–Crippen MR) is 119 cm³/mol. The smallest absolute Gasteiger partial charge is 0.410 e. The SMILES string of the molecule is CCC1(CCOS(=O)(=O)c2ccc(C)cc2)CCN(C(=O)OCc2ccccc2)CC1. The minimum Gasteiger partial charge on any atom is -0.445 e. The maximum atomic E-state index is 12.4. The van der Waals surface area contributed by atoms with Gasteiger partial charge in [-0.05, 0) is 49.3 Å². The molecule has 6 nitrogen and oxygen atoms in total. The Morgan fingerprint density at radius 2 is 1.68 bits per heavy atom. The Morgan fingerprint density at radius 1 is 1.03 bits per heavy atom. The van der Waals surface area contributed by atoms with E-state index in [4.69, 9.17) is 8.92 Å². The highest BCUT2D eigenvalue weighted by Gasteiger charge is 2.35. The van der Waals surface area contributed by atoms with E-state index in [9.17, 15) is 13.2 Å². The fourth-order valence-electron chi connectivity index (χ4n) is 3.90. The van der Waals surface area contributed by atoms with Crippen molar-refractivity contribution in [2.75, 3.05) is 19.7 Å². The first-order valence-electron chi connectivity index (χ1n) is 10.8. The van der Waals surface area contributed by atoms with Gasteiger partial charge in [0.2, 0.25) is 0 Å². The van der Waals surface area contributed by atoms with Crippen molar-refractivity contribution in [1.29, 1.82) is 0 Å². The standard InChI is InChI=1S/C24H31NO5S/c1-3-24(15-18-30-31(27,28)22-11-9-20(2)10-12-22)13-16-25(17-14-24)23(26)29-19-21-7-5-4-6-8-21/h4-12H,3,13-19H2,1-2H3. The van der Waals surface area contributed by atoms with Gasteiger partial charge in [0.1, 0.15) is 6.61 Å². The third-order valence-corrected chi connectivity index (χ3v) is 7.54. The van der Waals surface area contributed by atoms with Crippen LogP contribution in [0.5, 0.6) is 0 Å². The molecule has 31 heavy (non-hydrogen) atoms. The number of likely N-dealkylation sites (tertiary alicyclic amines) is 1. The lowest BCUT2D eigenvalue weighted by Gasteiger charge is -2.41. The fraction of sp³-hybridized carbons (Fsp3) is 0.458. The lowest BCUT2D eigenvalue weighted by Crippen LogP contribution is -2.43. The van der Waals surface area contributed by atoms with Crippen LogP contribution in [-0.4, -0.2) is 39.1 Å². The molecule has 0 aliphatic carbocycles. The molecule has 0 bridgehead atoms. The number of ether oxygens (including phenoxy) is 1. The van der Waals surface area contributed by atoms with Crippen LogP contribution in [0.15, 0.2) is 59.5 Å². The summed E-state index contributed by atoms with van der Waals surface area (Å²) in [6.07, 6.45) is 2.86. The van der Waals surface area contributed by atoms with E-state index in [0.29, 0.717) is 19.5 Å². The maximum absolute atomic E-state index is 12.4. The van der Waals surface area contributed by atoms with Gasteiger partial charge < -0.3 is 9.64 Å². The Morgan fingerprint density at radius 3 is 2.29 bits per heavy atom. The molecule has 1 aliphatic rings. The highest BCUT2D eigenvalue weighted by Crippen LogP contribution is 2.38. The number of benzene rings is 2. The summed E-state index contributed by atoms with van der Waals surface area (Å²) in [4.78, 5) is 14.3. The number of carbonyl (C=O) groups is 1. The molecule has 2 aromatic carbocycles. The molecule has 168 valence electrons. The number of nitrogens with zero attached hydrogens (tertiary/aromatic N) is 1. The summed E-state index contributed by atoms with van der Waals surface area (Å²) >= 11 is 0. The van der Waals surface area contributed by atoms with E-state index < -0.39 is 10.1 Å². The average Bonchev–Trinajstić information content (AvgIpc) is 2.79. The number of amides is 1. The number of rotatable bonds is 8. The number of aryl methyl sites for hydroxylation is 1. The maximum Gasteiger partial charge on any atom is 0.410 e. The fourth-order valence-corrected chi connectivity index (χ4v) is 4.80. The average molecular weight is 446 g/mol. The Kier molecular flexibility index (Phi) is 7.73. The van der Waals surface area contributed by atoms with Crippen LogP contribution in [0.4, 0.5) is 4.79 Å². The largest absolute Gasteiger partial charge is 0.445 e. The van der Waals surface area contributed by atoms with E-state index in [0.717, 1.165) is 30.4 Å². The second-order valence-electron chi connectivity index (χ2n) is 8.22. The molecule has 0 spiro atoms. The highest BCUT2D eigenvalue weighted by molar-refractivity contribution is 7.86. The summed E-state index contributed by atoms with van der Waals surface area (Å²) in [6, 6.07) is 16.3. The Hall–Kier alpha value is -2.38. The van der Waals surface area contributed by atoms with Crippen molar-refractivity contribution in [3.8, 4) is 0 Å². The molecular weight excluding hydrogens is 414 g/mol. The third-order valence-electron chi connectivity index (χ3n) is 6.22. The van der Waals surface area contributed by atoms with E-state index in [1.165, 1.54) is 0 Å². The first-order chi connectivity index (χ1) is 14.8. The van der Waals surface area contributed by atoms with Crippen LogP contribution in [0.3, 0.4) is 0 Å². The lowest BCUT2D eigenvalue weighted by atomic mass is 9.74. The number of hydrogen-bond donors (Lipinski definition) is 0. The van der Waals surface area contributed by atoms with Crippen molar-refractivity contribution in [3.63, 3.8) is 0 Å². The van der Waals surface area contributed by atoms with E-state index in [1.54, 1.807) is 29.2 Å². The van der Waals surface area contributed by atoms with Gasteiger partial charge >= 0.3 is 6.09 Å². The van der Waals surface area contributed by atoms with Gasteiger partial charge in [-0.2, -0.15) is 8.42 Å². The number of piperidine rings is 1.